The van der Waals surface area contributed by atoms with E-state index in [0.29, 0.717) is 6.10 Å². The molecular weight excluding hydrogens is 126 g/mol. The first-order valence-electron chi connectivity index (χ1n) is 4.13. The van der Waals surface area contributed by atoms with E-state index in [1.54, 1.807) is 7.11 Å². The highest BCUT2D eigenvalue weighted by molar-refractivity contribution is 4.81. The van der Waals surface area contributed by atoms with Crippen molar-refractivity contribution in [1.82, 2.24) is 5.32 Å². The summed E-state index contributed by atoms with van der Waals surface area (Å²) in [6.07, 6.45) is 4.23. The van der Waals surface area contributed by atoms with Crippen LogP contribution < -0.4 is 5.32 Å². The van der Waals surface area contributed by atoms with Crippen molar-refractivity contribution >= 4 is 0 Å². The zero-order chi connectivity index (χ0) is 7.40. The quantitative estimate of drug-likeness (QED) is 0.640. The standard InChI is InChI=1S/C8H17NO/c1-3-4-7-5-8(10-2)6-9-7/h7-9H,3-6H2,1-2H3/t7-,8+/m1/s1. The second-order valence-corrected chi connectivity index (χ2v) is 2.99. The van der Waals surface area contributed by atoms with Crippen LogP contribution in [0.2, 0.25) is 0 Å². The van der Waals surface area contributed by atoms with Gasteiger partial charge in [0, 0.05) is 19.7 Å². The first-order chi connectivity index (χ1) is 4.86. The van der Waals surface area contributed by atoms with E-state index in [0.717, 1.165) is 12.6 Å². The molecule has 0 saturated carbocycles. The van der Waals surface area contributed by atoms with Crippen LogP contribution in [0, 0.1) is 0 Å². The Morgan fingerprint density at radius 3 is 2.90 bits per heavy atom. The molecule has 0 aromatic rings. The van der Waals surface area contributed by atoms with Crippen molar-refractivity contribution in [3.63, 3.8) is 0 Å². The van der Waals surface area contributed by atoms with Gasteiger partial charge in [-0.15, -0.1) is 0 Å². The summed E-state index contributed by atoms with van der Waals surface area (Å²) in [7, 11) is 1.79. The third-order valence-electron chi connectivity index (χ3n) is 2.15. The fourth-order valence-electron chi connectivity index (χ4n) is 1.53. The van der Waals surface area contributed by atoms with Gasteiger partial charge in [0.25, 0.3) is 0 Å². The van der Waals surface area contributed by atoms with E-state index in [-0.39, 0.29) is 0 Å². The van der Waals surface area contributed by atoms with Gasteiger partial charge in [0.2, 0.25) is 0 Å². The van der Waals surface area contributed by atoms with Crippen LogP contribution in [0.5, 0.6) is 0 Å². The van der Waals surface area contributed by atoms with Crippen LogP contribution in [-0.2, 0) is 4.74 Å². The van der Waals surface area contributed by atoms with E-state index >= 15 is 0 Å². The normalized spacial score (nSPS) is 33.0. The molecule has 1 rings (SSSR count). The summed E-state index contributed by atoms with van der Waals surface area (Å²) in [6, 6.07) is 0.718. The van der Waals surface area contributed by atoms with Crippen LogP contribution in [0.25, 0.3) is 0 Å². The summed E-state index contributed by atoms with van der Waals surface area (Å²) < 4.78 is 5.23. The van der Waals surface area contributed by atoms with Crippen LogP contribution in [0.4, 0.5) is 0 Å². The molecule has 1 N–H and O–H groups in total. The first-order valence-corrected chi connectivity index (χ1v) is 4.13. The zero-order valence-electron chi connectivity index (χ0n) is 6.89. The van der Waals surface area contributed by atoms with Crippen LogP contribution >= 0.6 is 0 Å². The van der Waals surface area contributed by atoms with Gasteiger partial charge in [0.05, 0.1) is 6.10 Å². The molecule has 0 spiro atoms. The average Bonchev–Trinajstić information content (AvgIpc) is 2.37. The highest BCUT2D eigenvalue weighted by atomic mass is 16.5. The Morgan fingerprint density at radius 1 is 1.60 bits per heavy atom. The predicted octanol–water partition coefficient (Wildman–Crippen LogP) is 1.16. The van der Waals surface area contributed by atoms with Gasteiger partial charge in [-0.1, -0.05) is 13.3 Å². The van der Waals surface area contributed by atoms with Crippen LogP contribution in [-0.4, -0.2) is 25.8 Å². The van der Waals surface area contributed by atoms with Crippen LogP contribution in [0.1, 0.15) is 26.2 Å². The maximum atomic E-state index is 5.23. The summed E-state index contributed by atoms with van der Waals surface area (Å²) in [5.41, 5.74) is 0. The maximum Gasteiger partial charge on any atom is 0.0710 e. The van der Waals surface area contributed by atoms with Gasteiger partial charge in [-0.05, 0) is 12.8 Å². The van der Waals surface area contributed by atoms with Gasteiger partial charge in [0.15, 0.2) is 0 Å². The topological polar surface area (TPSA) is 21.3 Å². The van der Waals surface area contributed by atoms with Gasteiger partial charge < -0.3 is 10.1 Å². The van der Waals surface area contributed by atoms with Gasteiger partial charge in [0.1, 0.15) is 0 Å². The van der Waals surface area contributed by atoms with Crippen LogP contribution in [0.3, 0.4) is 0 Å². The molecule has 10 heavy (non-hydrogen) atoms. The minimum atomic E-state index is 0.469. The third kappa shape index (κ3) is 1.96. The molecule has 0 aromatic heterocycles. The Balaban J connectivity index is 2.15. The zero-order valence-corrected chi connectivity index (χ0v) is 6.89. The van der Waals surface area contributed by atoms with Crippen LogP contribution in [0.15, 0.2) is 0 Å². The Labute approximate surface area is 63.0 Å². The van der Waals surface area contributed by atoms with Crippen molar-refractivity contribution in [3.8, 4) is 0 Å². The molecule has 0 aromatic carbocycles. The Morgan fingerprint density at radius 2 is 2.40 bits per heavy atom. The van der Waals surface area contributed by atoms with E-state index in [2.05, 4.69) is 12.2 Å². The molecule has 1 heterocycles. The maximum absolute atomic E-state index is 5.23. The molecule has 0 unspecified atom stereocenters. The molecule has 60 valence electrons. The molecule has 1 aliphatic rings. The van der Waals surface area contributed by atoms with E-state index < -0.39 is 0 Å². The van der Waals surface area contributed by atoms with E-state index in [1.807, 2.05) is 0 Å². The number of hydrogen-bond donors (Lipinski definition) is 1. The number of hydrogen-bond acceptors (Lipinski definition) is 2. The summed E-state index contributed by atoms with van der Waals surface area (Å²) in [6.45, 7) is 3.27. The number of rotatable bonds is 3. The smallest absolute Gasteiger partial charge is 0.0710 e. The summed E-state index contributed by atoms with van der Waals surface area (Å²) in [5, 5.41) is 3.43. The lowest BCUT2D eigenvalue weighted by atomic mass is 10.1. The Bertz CT molecular complexity index is 95.3. The monoisotopic (exact) mass is 143 g/mol. The predicted molar refractivity (Wildman–Crippen MR) is 42.1 cm³/mol. The summed E-state index contributed by atoms with van der Waals surface area (Å²) in [4.78, 5) is 0. The molecule has 1 saturated heterocycles. The van der Waals surface area contributed by atoms with Gasteiger partial charge >= 0.3 is 0 Å². The van der Waals surface area contributed by atoms with E-state index in [9.17, 15) is 0 Å². The lowest BCUT2D eigenvalue weighted by Gasteiger charge is -2.07. The fourth-order valence-corrected chi connectivity index (χ4v) is 1.53. The lowest BCUT2D eigenvalue weighted by Crippen LogP contribution is -2.21. The minimum absolute atomic E-state index is 0.469. The molecule has 2 atom stereocenters. The molecule has 0 aliphatic carbocycles. The van der Waals surface area contributed by atoms with Crippen molar-refractivity contribution in [2.45, 2.75) is 38.3 Å². The Kier molecular flexibility index (Phi) is 3.16. The molecule has 2 nitrogen and oxygen atoms in total. The first kappa shape index (κ1) is 8.02. The summed E-state index contributed by atoms with van der Waals surface area (Å²) in [5.74, 6) is 0. The lowest BCUT2D eigenvalue weighted by molar-refractivity contribution is 0.117. The molecular formula is C8H17NO. The average molecular weight is 143 g/mol. The van der Waals surface area contributed by atoms with Crippen molar-refractivity contribution in [3.05, 3.63) is 0 Å². The van der Waals surface area contributed by atoms with E-state index in [1.165, 1.54) is 19.3 Å². The SMILES string of the molecule is CCC[C@@H]1C[C@H](OC)CN1. The molecule has 2 heteroatoms. The van der Waals surface area contributed by atoms with E-state index in [4.69, 9.17) is 4.74 Å². The number of methoxy groups -OCH3 is 1. The highest BCUT2D eigenvalue weighted by Crippen LogP contribution is 2.13. The fraction of sp³-hybridized carbons (Fsp3) is 1.00. The molecule has 1 aliphatic heterocycles. The minimum Gasteiger partial charge on any atom is -0.380 e. The van der Waals surface area contributed by atoms with Gasteiger partial charge in [-0.2, -0.15) is 0 Å². The third-order valence-corrected chi connectivity index (χ3v) is 2.15. The molecule has 1 fully saturated rings. The van der Waals surface area contributed by atoms with Crippen molar-refractivity contribution in [2.24, 2.45) is 0 Å². The van der Waals surface area contributed by atoms with Gasteiger partial charge in [-0.25, -0.2) is 0 Å². The number of ether oxygens (including phenoxy) is 1. The highest BCUT2D eigenvalue weighted by Gasteiger charge is 2.22. The second-order valence-electron chi connectivity index (χ2n) is 2.99. The Hall–Kier alpha value is -0.0800. The van der Waals surface area contributed by atoms with Crippen molar-refractivity contribution < 1.29 is 4.74 Å². The van der Waals surface area contributed by atoms with Crippen molar-refractivity contribution in [1.29, 1.82) is 0 Å². The van der Waals surface area contributed by atoms with Gasteiger partial charge in [-0.3, -0.25) is 0 Å². The van der Waals surface area contributed by atoms with Crippen molar-refractivity contribution in [2.75, 3.05) is 13.7 Å². The summed E-state index contributed by atoms with van der Waals surface area (Å²) >= 11 is 0. The molecule has 0 radical (unpaired) electrons. The number of nitrogens with one attached hydrogen (secondary N) is 1. The second kappa shape index (κ2) is 3.94. The molecule has 0 amide bonds. The molecule has 0 bridgehead atoms. The largest absolute Gasteiger partial charge is 0.380 e.